The molecule has 0 amide bonds. The molecular weight excluding hydrogens is 236 g/mol. The summed E-state index contributed by atoms with van der Waals surface area (Å²) in [5.41, 5.74) is 2.09. The lowest BCUT2D eigenvalue weighted by Crippen LogP contribution is -2.03. The third-order valence-electron chi connectivity index (χ3n) is 2.37. The largest absolute Gasteiger partial charge is 0.284 e. The molecule has 0 spiro atoms. The molecule has 2 nitrogen and oxygen atoms in total. The van der Waals surface area contributed by atoms with Crippen molar-refractivity contribution in [3.05, 3.63) is 30.6 Å². The van der Waals surface area contributed by atoms with Crippen LogP contribution in [0.3, 0.4) is 0 Å². The summed E-state index contributed by atoms with van der Waals surface area (Å²) in [6.07, 6.45) is 4.23. The highest BCUT2D eigenvalue weighted by molar-refractivity contribution is 8.23. The normalized spacial score (nSPS) is 10.8. The summed E-state index contributed by atoms with van der Waals surface area (Å²) in [5, 5.41) is 0. The molecule has 16 heavy (non-hydrogen) atoms. The Morgan fingerprint density at radius 1 is 1.44 bits per heavy atom. The van der Waals surface area contributed by atoms with E-state index in [0.717, 1.165) is 21.1 Å². The Bertz CT molecular complexity index is 490. The van der Waals surface area contributed by atoms with Crippen LogP contribution in [-0.2, 0) is 0 Å². The molecule has 0 fully saturated rings. The molecule has 0 saturated heterocycles. The lowest BCUT2D eigenvalue weighted by molar-refractivity contribution is 0.898. The zero-order valence-corrected chi connectivity index (χ0v) is 10.9. The second kappa shape index (κ2) is 5.46. The van der Waals surface area contributed by atoms with Gasteiger partial charge in [-0.2, -0.15) is 0 Å². The first-order chi connectivity index (χ1) is 7.83. The lowest BCUT2D eigenvalue weighted by Gasteiger charge is -2.04. The summed E-state index contributed by atoms with van der Waals surface area (Å²) in [7, 11) is 0. The number of rotatable bonds is 3. The number of benzene rings is 1. The zero-order chi connectivity index (χ0) is 11.4. The number of imidazole rings is 1. The van der Waals surface area contributed by atoms with E-state index in [9.17, 15) is 0 Å². The molecule has 0 aliphatic carbocycles. The summed E-state index contributed by atoms with van der Waals surface area (Å²) in [6, 6.07) is 8.06. The molecule has 2 aromatic rings. The standard InChI is InChI=1S/C12H14N2S2/c1-2-3-8-16-12(15)14-9-13-10-6-4-5-7-11(10)14/h4-7,9H,2-3,8H2,1H3. The molecule has 84 valence electrons. The molecule has 4 heteroatoms. The third-order valence-corrected chi connectivity index (χ3v) is 3.86. The summed E-state index contributed by atoms with van der Waals surface area (Å²) in [5.74, 6) is 1.09. The Balaban J connectivity index is 2.17. The van der Waals surface area contributed by atoms with Gasteiger partial charge < -0.3 is 0 Å². The van der Waals surface area contributed by atoms with E-state index < -0.39 is 0 Å². The van der Waals surface area contributed by atoms with Gasteiger partial charge in [-0.05, 0) is 18.6 Å². The first-order valence-corrected chi connectivity index (χ1v) is 6.81. The van der Waals surface area contributed by atoms with Gasteiger partial charge in [0.05, 0.1) is 11.0 Å². The molecule has 1 aromatic carbocycles. The van der Waals surface area contributed by atoms with Crippen molar-refractivity contribution < 1.29 is 0 Å². The summed E-state index contributed by atoms with van der Waals surface area (Å²) in [4.78, 5) is 4.33. The van der Waals surface area contributed by atoms with E-state index in [1.807, 2.05) is 29.1 Å². The number of aromatic nitrogens is 2. The minimum absolute atomic E-state index is 0.891. The lowest BCUT2D eigenvalue weighted by atomic mass is 10.3. The van der Waals surface area contributed by atoms with E-state index in [0.29, 0.717) is 0 Å². The van der Waals surface area contributed by atoms with Gasteiger partial charge in [0.25, 0.3) is 0 Å². The number of hydrogen-bond acceptors (Lipinski definition) is 3. The van der Waals surface area contributed by atoms with Crippen molar-refractivity contribution in [3.8, 4) is 0 Å². The molecule has 0 radical (unpaired) electrons. The molecule has 0 bridgehead atoms. The minimum atomic E-state index is 0.891. The minimum Gasteiger partial charge on any atom is -0.284 e. The average molecular weight is 250 g/mol. The fourth-order valence-corrected chi connectivity index (χ4v) is 2.77. The second-order valence-electron chi connectivity index (χ2n) is 3.57. The van der Waals surface area contributed by atoms with Gasteiger partial charge in [-0.25, -0.2) is 4.98 Å². The molecule has 2 rings (SSSR count). The van der Waals surface area contributed by atoms with Crippen LogP contribution in [0.25, 0.3) is 11.0 Å². The number of thioether (sulfide) groups is 1. The maximum atomic E-state index is 5.40. The number of unbranched alkanes of at least 4 members (excludes halogenated alkanes) is 1. The molecule has 1 aromatic heterocycles. The Kier molecular flexibility index (Phi) is 3.96. The fourth-order valence-electron chi connectivity index (χ4n) is 1.48. The van der Waals surface area contributed by atoms with Gasteiger partial charge in [-0.15, -0.1) is 0 Å². The van der Waals surface area contributed by atoms with Crippen molar-refractivity contribution in [1.82, 2.24) is 9.55 Å². The van der Waals surface area contributed by atoms with Gasteiger partial charge in [-0.1, -0.05) is 49.5 Å². The Morgan fingerprint density at radius 3 is 3.06 bits per heavy atom. The van der Waals surface area contributed by atoms with Crippen LogP contribution < -0.4 is 0 Å². The average Bonchev–Trinajstić information content (AvgIpc) is 2.73. The summed E-state index contributed by atoms with van der Waals surface area (Å²) >= 11 is 7.13. The van der Waals surface area contributed by atoms with Crippen molar-refractivity contribution in [2.45, 2.75) is 19.8 Å². The van der Waals surface area contributed by atoms with E-state index in [4.69, 9.17) is 12.2 Å². The monoisotopic (exact) mass is 250 g/mol. The van der Waals surface area contributed by atoms with Gasteiger partial charge in [0.2, 0.25) is 0 Å². The number of thiocarbonyl (C=S) groups is 1. The molecule has 0 aliphatic heterocycles. The van der Waals surface area contributed by atoms with Gasteiger partial charge in [0.1, 0.15) is 10.6 Å². The topological polar surface area (TPSA) is 17.8 Å². The highest BCUT2D eigenvalue weighted by Gasteiger charge is 2.05. The van der Waals surface area contributed by atoms with Crippen molar-refractivity contribution in [2.75, 3.05) is 5.75 Å². The second-order valence-corrected chi connectivity index (χ2v) is 5.30. The molecular formula is C12H14N2S2. The highest BCUT2D eigenvalue weighted by Crippen LogP contribution is 2.17. The maximum Gasteiger partial charge on any atom is 0.146 e. The van der Waals surface area contributed by atoms with E-state index >= 15 is 0 Å². The first-order valence-electron chi connectivity index (χ1n) is 5.42. The first kappa shape index (κ1) is 11.6. The number of hydrogen-bond donors (Lipinski definition) is 0. The maximum absolute atomic E-state index is 5.40. The van der Waals surface area contributed by atoms with Gasteiger partial charge in [0.15, 0.2) is 0 Å². The van der Waals surface area contributed by atoms with E-state index in [1.165, 1.54) is 12.8 Å². The van der Waals surface area contributed by atoms with Crippen LogP contribution in [0.2, 0.25) is 0 Å². The third kappa shape index (κ3) is 2.44. The molecule has 1 heterocycles. The van der Waals surface area contributed by atoms with Crippen molar-refractivity contribution in [3.63, 3.8) is 0 Å². The van der Waals surface area contributed by atoms with Gasteiger partial charge >= 0.3 is 0 Å². The number of fused-ring (bicyclic) bond motifs is 1. The Labute approximate surface area is 105 Å². The van der Waals surface area contributed by atoms with E-state index in [2.05, 4.69) is 18.0 Å². The van der Waals surface area contributed by atoms with Crippen LogP contribution in [0.5, 0.6) is 0 Å². The molecule has 0 aliphatic rings. The Morgan fingerprint density at radius 2 is 2.25 bits per heavy atom. The summed E-state index contributed by atoms with van der Waals surface area (Å²) in [6.45, 7) is 2.19. The SMILES string of the molecule is CCCCSC(=S)n1cnc2ccccc21. The van der Waals surface area contributed by atoms with Crippen molar-refractivity contribution in [1.29, 1.82) is 0 Å². The van der Waals surface area contributed by atoms with Gasteiger partial charge in [0, 0.05) is 5.75 Å². The summed E-state index contributed by atoms with van der Waals surface area (Å²) < 4.78 is 2.88. The Hall–Kier alpha value is -0.870. The fraction of sp³-hybridized carbons (Fsp3) is 0.333. The van der Waals surface area contributed by atoms with Crippen LogP contribution in [-0.4, -0.2) is 19.6 Å². The van der Waals surface area contributed by atoms with E-state index in [-0.39, 0.29) is 0 Å². The predicted octanol–water partition coefficient (Wildman–Crippen LogP) is 3.70. The van der Waals surface area contributed by atoms with Crippen LogP contribution in [0.15, 0.2) is 30.6 Å². The number of para-hydroxylation sites is 2. The molecule has 0 saturated carbocycles. The van der Waals surface area contributed by atoms with Crippen molar-refractivity contribution in [2.24, 2.45) is 0 Å². The predicted molar refractivity (Wildman–Crippen MR) is 75.1 cm³/mol. The van der Waals surface area contributed by atoms with Crippen LogP contribution in [0, 0.1) is 0 Å². The van der Waals surface area contributed by atoms with E-state index in [1.54, 1.807) is 11.8 Å². The van der Waals surface area contributed by atoms with Crippen molar-refractivity contribution >= 4 is 39.3 Å². The highest BCUT2D eigenvalue weighted by atomic mass is 32.2. The van der Waals surface area contributed by atoms with Gasteiger partial charge in [-0.3, -0.25) is 4.57 Å². The quantitative estimate of drug-likeness (QED) is 0.611. The van der Waals surface area contributed by atoms with Crippen LogP contribution in [0.1, 0.15) is 19.8 Å². The zero-order valence-electron chi connectivity index (χ0n) is 9.22. The molecule has 0 N–H and O–H groups in total. The molecule has 0 unspecified atom stereocenters. The van der Waals surface area contributed by atoms with Crippen LogP contribution in [0.4, 0.5) is 0 Å². The van der Waals surface area contributed by atoms with Crippen LogP contribution >= 0.6 is 24.0 Å². The smallest absolute Gasteiger partial charge is 0.146 e. The molecule has 0 atom stereocenters. The number of nitrogens with zero attached hydrogens (tertiary/aromatic N) is 2.